The zero-order chi connectivity index (χ0) is 20.4. The smallest absolute Gasteiger partial charge is 0.245 e. The molecule has 5 heteroatoms. The number of likely N-dealkylation sites (N-methyl/N-ethyl adjacent to an activating group) is 1. The highest BCUT2D eigenvalue weighted by atomic mass is 16.2. The lowest BCUT2D eigenvalue weighted by Gasteiger charge is -2.31. The largest absolute Gasteiger partial charge is 0.340 e. The van der Waals surface area contributed by atoms with Crippen molar-refractivity contribution in [1.29, 1.82) is 0 Å². The summed E-state index contributed by atoms with van der Waals surface area (Å²) >= 11 is 0. The van der Waals surface area contributed by atoms with Gasteiger partial charge in [-0.05, 0) is 37.7 Å². The minimum atomic E-state index is -0.721. The maximum Gasteiger partial charge on any atom is 0.245 e. The van der Waals surface area contributed by atoms with Gasteiger partial charge in [-0.1, -0.05) is 55.8 Å². The molecule has 1 saturated heterocycles. The maximum atomic E-state index is 13.3. The molecule has 0 bridgehead atoms. The van der Waals surface area contributed by atoms with Gasteiger partial charge in [-0.2, -0.15) is 0 Å². The second-order valence-electron chi connectivity index (χ2n) is 8.53. The molecule has 1 aliphatic carbocycles. The summed E-state index contributed by atoms with van der Waals surface area (Å²) in [4.78, 5) is 42.2. The summed E-state index contributed by atoms with van der Waals surface area (Å²) in [5.41, 5.74) is 2.20. The van der Waals surface area contributed by atoms with Crippen LogP contribution in [0.15, 0.2) is 36.4 Å². The number of imide groups is 1. The molecule has 1 aliphatic heterocycles. The number of fused-ring (bicyclic) bond motifs is 1. The molecule has 3 atom stereocenters. The number of aryl methyl sites for hydroxylation is 1. The summed E-state index contributed by atoms with van der Waals surface area (Å²) in [5.74, 6) is -0.931. The first-order valence-corrected chi connectivity index (χ1v) is 10.1. The van der Waals surface area contributed by atoms with Crippen molar-refractivity contribution in [2.24, 2.45) is 17.8 Å². The molecule has 5 nitrogen and oxygen atoms in total. The van der Waals surface area contributed by atoms with Crippen molar-refractivity contribution < 1.29 is 14.4 Å². The minimum Gasteiger partial charge on any atom is -0.340 e. The van der Waals surface area contributed by atoms with Gasteiger partial charge in [-0.25, -0.2) is 0 Å². The third kappa shape index (κ3) is 4.03. The SMILES string of the molecule is Cc1ccc(CN(C)C(=O)C(CC(C)C)N2C(=O)C3CC=CCC3C2=O)cc1. The van der Waals surface area contributed by atoms with Crippen LogP contribution in [0.3, 0.4) is 0 Å². The van der Waals surface area contributed by atoms with E-state index in [1.807, 2.05) is 57.2 Å². The maximum absolute atomic E-state index is 13.3. The van der Waals surface area contributed by atoms with Gasteiger partial charge in [0.25, 0.3) is 0 Å². The van der Waals surface area contributed by atoms with E-state index < -0.39 is 6.04 Å². The molecule has 3 rings (SSSR count). The molecule has 0 saturated carbocycles. The molecule has 0 radical (unpaired) electrons. The van der Waals surface area contributed by atoms with Crippen molar-refractivity contribution in [3.63, 3.8) is 0 Å². The van der Waals surface area contributed by atoms with Crippen LogP contribution in [-0.4, -0.2) is 40.6 Å². The first kappa shape index (κ1) is 20.3. The second-order valence-corrected chi connectivity index (χ2v) is 8.53. The molecule has 1 heterocycles. The third-order valence-electron chi connectivity index (χ3n) is 5.75. The lowest BCUT2D eigenvalue weighted by atomic mass is 9.85. The van der Waals surface area contributed by atoms with Crippen LogP contribution in [0.1, 0.15) is 44.2 Å². The summed E-state index contributed by atoms with van der Waals surface area (Å²) in [5, 5.41) is 0. The zero-order valence-electron chi connectivity index (χ0n) is 17.2. The van der Waals surface area contributed by atoms with Crippen molar-refractivity contribution in [3.8, 4) is 0 Å². The molecular weight excluding hydrogens is 352 g/mol. The second kappa shape index (κ2) is 8.29. The van der Waals surface area contributed by atoms with Gasteiger partial charge in [0.05, 0.1) is 11.8 Å². The van der Waals surface area contributed by atoms with Gasteiger partial charge in [0.1, 0.15) is 6.04 Å². The molecule has 3 amide bonds. The minimum absolute atomic E-state index is 0.164. The first-order valence-electron chi connectivity index (χ1n) is 10.1. The molecule has 0 aromatic heterocycles. The van der Waals surface area contributed by atoms with Gasteiger partial charge in [0.2, 0.25) is 17.7 Å². The van der Waals surface area contributed by atoms with Crippen molar-refractivity contribution in [3.05, 3.63) is 47.5 Å². The van der Waals surface area contributed by atoms with E-state index in [2.05, 4.69) is 0 Å². The van der Waals surface area contributed by atoms with Crippen molar-refractivity contribution in [1.82, 2.24) is 9.80 Å². The van der Waals surface area contributed by atoms with Gasteiger partial charge >= 0.3 is 0 Å². The van der Waals surface area contributed by atoms with Gasteiger partial charge in [-0.15, -0.1) is 0 Å². The van der Waals surface area contributed by atoms with Crippen molar-refractivity contribution >= 4 is 17.7 Å². The van der Waals surface area contributed by atoms with E-state index in [1.54, 1.807) is 11.9 Å². The Morgan fingerprint density at radius 3 is 2.11 bits per heavy atom. The Morgan fingerprint density at radius 2 is 1.61 bits per heavy atom. The van der Waals surface area contributed by atoms with Crippen LogP contribution in [-0.2, 0) is 20.9 Å². The summed E-state index contributed by atoms with van der Waals surface area (Å²) in [7, 11) is 1.75. The van der Waals surface area contributed by atoms with Crippen LogP contribution in [0.2, 0.25) is 0 Å². The number of hydrogen-bond acceptors (Lipinski definition) is 3. The van der Waals surface area contributed by atoms with E-state index in [9.17, 15) is 14.4 Å². The number of benzene rings is 1. The van der Waals surface area contributed by atoms with Crippen molar-refractivity contribution in [2.45, 2.75) is 52.6 Å². The summed E-state index contributed by atoms with van der Waals surface area (Å²) in [6.45, 7) is 6.51. The molecular formula is C23H30N2O3. The molecule has 2 aliphatic rings. The van der Waals surface area contributed by atoms with Gasteiger partial charge < -0.3 is 4.90 Å². The monoisotopic (exact) mass is 382 g/mol. The van der Waals surface area contributed by atoms with Crippen molar-refractivity contribution in [2.75, 3.05) is 7.05 Å². The van der Waals surface area contributed by atoms with Crippen LogP contribution in [0, 0.1) is 24.7 Å². The molecule has 1 aromatic carbocycles. The fraction of sp³-hybridized carbons (Fsp3) is 0.522. The number of amides is 3. The van der Waals surface area contributed by atoms with E-state index >= 15 is 0 Å². The van der Waals surface area contributed by atoms with Gasteiger partial charge in [-0.3, -0.25) is 19.3 Å². The highest BCUT2D eigenvalue weighted by Gasteiger charge is 2.51. The van der Waals surface area contributed by atoms with Crippen LogP contribution in [0.4, 0.5) is 0 Å². The number of hydrogen-bond donors (Lipinski definition) is 0. The summed E-state index contributed by atoms with van der Waals surface area (Å²) in [6, 6.07) is 7.32. The van der Waals surface area contributed by atoms with E-state index in [0.29, 0.717) is 25.8 Å². The quantitative estimate of drug-likeness (QED) is 0.560. The van der Waals surface area contributed by atoms with Crippen LogP contribution in [0.5, 0.6) is 0 Å². The fourth-order valence-corrected chi connectivity index (χ4v) is 4.20. The van der Waals surface area contributed by atoms with Crippen LogP contribution >= 0.6 is 0 Å². The van der Waals surface area contributed by atoms with Gasteiger partial charge in [0, 0.05) is 13.6 Å². The summed E-state index contributed by atoms with van der Waals surface area (Å²) in [6.07, 6.45) is 5.61. The Bertz CT molecular complexity index is 756. The Kier molecular flexibility index (Phi) is 6.01. The standard InChI is InChI=1S/C23H30N2O3/c1-15(2)13-20(23(28)24(4)14-17-11-9-16(3)10-12-17)25-21(26)18-7-5-6-8-19(18)22(25)27/h5-6,9-12,15,18-20H,7-8,13-14H2,1-4H3. The lowest BCUT2D eigenvalue weighted by Crippen LogP contribution is -2.50. The Hall–Kier alpha value is -2.43. The van der Waals surface area contributed by atoms with E-state index in [1.165, 1.54) is 10.5 Å². The molecule has 28 heavy (non-hydrogen) atoms. The van der Waals surface area contributed by atoms with Crippen LogP contribution < -0.4 is 0 Å². The molecule has 3 unspecified atom stereocenters. The van der Waals surface area contributed by atoms with E-state index in [0.717, 1.165) is 5.56 Å². The Balaban J connectivity index is 1.81. The lowest BCUT2D eigenvalue weighted by molar-refractivity contribution is -0.152. The van der Waals surface area contributed by atoms with Gasteiger partial charge in [0.15, 0.2) is 0 Å². The third-order valence-corrected chi connectivity index (χ3v) is 5.75. The number of rotatable bonds is 6. The topological polar surface area (TPSA) is 57.7 Å². The number of carbonyl (C=O) groups is 3. The highest BCUT2D eigenvalue weighted by molar-refractivity contribution is 6.08. The number of carbonyl (C=O) groups excluding carboxylic acids is 3. The highest BCUT2D eigenvalue weighted by Crippen LogP contribution is 2.37. The van der Waals surface area contributed by atoms with E-state index in [4.69, 9.17) is 0 Å². The molecule has 0 N–H and O–H groups in total. The predicted molar refractivity (Wildman–Crippen MR) is 108 cm³/mol. The molecule has 1 aromatic rings. The molecule has 1 fully saturated rings. The normalized spacial score (nSPS) is 22.5. The van der Waals surface area contributed by atoms with E-state index in [-0.39, 0.29) is 35.5 Å². The number of nitrogens with zero attached hydrogens (tertiary/aromatic N) is 2. The number of likely N-dealkylation sites (tertiary alicyclic amines) is 1. The fourth-order valence-electron chi connectivity index (χ4n) is 4.20. The van der Waals surface area contributed by atoms with Crippen LogP contribution in [0.25, 0.3) is 0 Å². The average Bonchev–Trinajstić information content (AvgIpc) is 2.92. The predicted octanol–water partition coefficient (Wildman–Crippen LogP) is 3.32. The Morgan fingerprint density at radius 1 is 1.07 bits per heavy atom. The molecule has 150 valence electrons. The first-order chi connectivity index (χ1) is 13.3. The average molecular weight is 383 g/mol. The summed E-state index contributed by atoms with van der Waals surface area (Å²) < 4.78 is 0. The number of allylic oxidation sites excluding steroid dienone is 2. The zero-order valence-corrected chi connectivity index (χ0v) is 17.2. The Labute approximate surface area is 167 Å². The molecule has 0 spiro atoms.